The third kappa shape index (κ3) is 0.309. The van der Waals surface area contributed by atoms with Crippen molar-refractivity contribution < 1.29 is 4.79 Å². The first-order chi connectivity index (χ1) is 4.73. The Morgan fingerprint density at radius 3 is 2.80 bits per heavy atom. The predicted molar refractivity (Wildman–Crippen MR) is 37.3 cm³/mol. The van der Waals surface area contributed by atoms with Crippen LogP contribution < -0.4 is 0 Å². The van der Waals surface area contributed by atoms with Crippen molar-refractivity contribution in [2.45, 2.75) is 13.3 Å². The van der Waals surface area contributed by atoms with Crippen LogP contribution in [0.25, 0.3) is 0 Å². The standard InChI is InChI=1S/C9H10O/c1-9-4-7(9)5-2-3-6(9)8(5)10/h2-3,5-7H,4H2,1H3/t5-,6-,7+,9-/m0/s1. The van der Waals surface area contributed by atoms with Gasteiger partial charge in [0.15, 0.2) is 0 Å². The average Bonchev–Trinajstić information content (AvgIpc) is 2.39. The summed E-state index contributed by atoms with van der Waals surface area (Å²) in [7, 11) is 0. The van der Waals surface area contributed by atoms with Gasteiger partial charge in [0.05, 0.1) is 0 Å². The first-order valence-electron chi connectivity index (χ1n) is 3.95. The molecule has 0 N–H and O–H groups in total. The molecule has 0 radical (unpaired) electrons. The highest BCUT2D eigenvalue weighted by Gasteiger charge is 2.68. The Balaban J connectivity index is 2.18. The topological polar surface area (TPSA) is 17.1 Å². The van der Waals surface area contributed by atoms with Crippen molar-refractivity contribution in [1.82, 2.24) is 0 Å². The van der Waals surface area contributed by atoms with Crippen molar-refractivity contribution >= 4 is 5.78 Å². The number of hydrogen-bond donors (Lipinski definition) is 0. The van der Waals surface area contributed by atoms with Gasteiger partial charge in [0, 0.05) is 11.8 Å². The summed E-state index contributed by atoms with van der Waals surface area (Å²) in [6.07, 6.45) is 5.53. The number of allylic oxidation sites excluding steroid dienone is 2. The lowest BCUT2D eigenvalue weighted by atomic mass is 9.93. The lowest BCUT2D eigenvalue weighted by Gasteiger charge is -2.10. The molecule has 2 bridgehead atoms. The van der Waals surface area contributed by atoms with Crippen molar-refractivity contribution in [2.24, 2.45) is 23.2 Å². The zero-order valence-electron chi connectivity index (χ0n) is 6.00. The lowest BCUT2D eigenvalue weighted by molar-refractivity contribution is -0.122. The van der Waals surface area contributed by atoms with Gasteiger partial charge in [-0.1, -0.05) is 19.1 Å². The Bertz CT molecular complexity index is 253. The van der Waals surface area contributed by atoms with Gasteiger partial charge in [0.25, 0.3) is 0 Å². The highest BCUT2D eigenvalue weighted by atomic mass is 16.1. The smallest absolute Gasteiger partial charge is 0.147 e. The van der Waals surface area contributed by atoms with Crippen LogP contribution in [0.4, 0.5) is 0 Å². The summed E-state index contributed by atoms with van der Waals surface area (Å²) in [4.78, 5) is 11.4. The minimum Gasteiger partial charge on any atom is -0.298 e. The largest absolute Gasteiger partial charge is 0.298 e. The molecule has 0 aliphatic heterocycles. The minimum absolute atomic E-state index is 0.308. The van der Waals surface area contributed by atoms with E-state index in [-0.39, 0.29) is 0 Å². The molecule has 2 saturated carbocycles. The third-order valence-electron chi connectivity index (χ3n) is 3.64. The summed E-state index contributed by atoms with van der Waals surface area (Å²) in [6, 6.07) is 0. The average molecular weight is 134 g/mol. The van der Waals surface area contributed by atoms with E-state index in [4.69, 9.17) is 0 Å². The van der Waals surface area contributed by atoms with Gasteiger partial charge in [-0.15, -0.1) is 0 Å². The first-order valence-corrected chi connectivity index (χ1v) is 3.95. The molecule has 0 unspecified atom stereocenters. The molecule has 0 amide bonds. The third-order valence-corrected chi connectivity index (χ3v) is 3.64. The number of Topliss-reactive ketones (excluding diaryl/α,β-unsaturated/α-hetero) is 1. The Hall–Kier alpha value is -0.590. The van der Waals surface area contributed by atoms with Crippen LogP contribution in [0.15, 0.2) is 12.2 Å². The summed E-state index contributed by atoms with van der Waals surface area (Å²) in [6.45, 7) is 2.25. The fraction of sp³-hybridized carbons (Fsp3) is 0.667. The summed E-state index contributed by atoms with van der Waals surface area (Å²) >= 11 is 0. The van der Waals surface area contributed by atoms with Crippen LogP contribution in [0.2, 0.25) is 0 Å². The highest BCUT2D eigenvalue weighted by molar-refractivity contribution is 5.94. The van der Waals surface area contributed by atoms with Crippen molar-refractivity contribution in [3.05, 3.63) is 12.2 Å². The van der Waals surface area contributed by atoms with Crippen LogP contribution in [0.1, 0.15) is 13.3 Å². The van der Waals surface area contributed by atoms with Gasteiger partial charge in [0.1, 0.15) is 5.78 Å². The fourth-order valence-corrected chi connectivity index (χ4v) is 2.81. The van der Waals surface area contributed by atoms with Gasteiger partial charge >= 0.3 is 0 Å². The lowest BCUT2D eigenvalue weighted by Crippen LogP contribution is -2.13. The minimum atomic E-state index is 0.308. The van der Waals surface area contributed by atoms with Crippen LogP contribution in [0.5, 0.6) is 0 Å². The number of carbonyl (C=O) groups excluding carboxylic acids is 1. The second-order valence-electron chi connectivity index (χ2n) is 4.11. The van der Waals surface area contributed by atoms with Crippen molar-refractivity contribution in [2.75, 3.05) is 0 Å². The second-order valence-corrected chi connectivity index (χ2v) is 4.11. The zero-order chi connectivity index (χ0) is 6.93. The van der Waals surface area contributed by atoms with Gasteiger partial charge in [0.2, 0.25) is 0 Å². The van der Waals surface area contributed by atoms with Crippen LogP contribution in [0, 0.1) is 23.2 Å². The highest BCUT2D eigenvalue weighted by Crippen LogP contribution is 2.70. The Morgan fingerprint density at radius 2 is 2.40 bits per heavy atom. The first kappa shape index (κ1) is 5.11. The normalized spacial score (nSPS) is 61.3. The van der Waals surface area contributed by atoms with Crippen LogP contribution in [-0.2, 0) is 4.79 Å². The van der Waals surface area contributed by atoms with E-state index < -0.39 is 0 Å². The molecule has 3 rings (SSSR count). The van der Waals surface area contributed by atoms with E-state index in [1.165, 1.54) is 6.42 Å². The summed E-state index contributed by atoms with van der Waals surface area (Å²) in [5.41, 5.74) is 0.413. The van der Waals surface area contributed by atoms with Crippen molar-refractivity contribution in [3.8, 4) is 0 Å². The monoisotopic (exact) mass is 134 g/mol. The maximum Gasteiger partial charge on any atom is 0.147 e. The number of rotatable bonds is 0. The molecule has 0 saturated heterocycles. The van der Waals surface area contributed by atoms with E-state index >= 15 is 0 Å². The van der Waals surface area contributed by atoms with E-state index in [0.717, 1.165) is 5.92 Å². The molecule has 0 aromatic carbocycles. The molecular formula is C9H10O. The van der Waals surface area contributed by atoms with Crippen LogP contribution in [-0.4, -0.2) is 5.78 Å². The van der Waals surface area contributed by atoms with Crippen LogP contribution >= 0.6 is 0 Å². The molecule has 4 atom stereocenters. The Kier molecular flexibility index (Phi) is 0.567. The molecule has 0 aromatic rings. The molecule has 1 heteroatoms. The summed E-state index contributed by atoms with van der Waals surface area (Å²) < 4.78 is 0. The molecule has 3 aliphatic rings. The maximum absolute atomic E-state index is 11.4. The zero-order valence-corrected chi connectivity index (χ0v) is 6.00. The predicted octanol–water partition coefficient (Wildman–Crippen LogP) is 1.40. The van der Waals surface area contributed by atoms with E-state index in [0.29, 0.717) is 23.0 Å². The number of carbonyl (C=O) groups is 1. The van der Waals surface area contributed by atoms with Crippen molar-refractivity contribution in [1.29, 1.82) is 0 Å². The van der Waals surface area contributed by atoms with E-state index in [2.05, 4.69) is 19.1 Å². The van der Waals surface area contributed by atoms with Crippen LogP contribution in [0.3, 0.4) is 0 Å². The van der Waals surface area contributed by atoms with E-state index in [1.807, 2.05) is 0 Å². The molecule has 1 nitrogen and oxygen atoms in total. The van der Waals surface area contributed by atoms with Gasteiger partial charge in [-0.05, 0) is 17.8 Å². The maximum atomic E-state index is 11.4. The molecular weight excluding hydrogens is 124 g/mol. The number of hydrogen-bond acceptors (Lipinski definition) is 1. The Morgan fingerprint density at radius 1 is 1.60 bits per heavy atom. The molecule has 0 spiro atoms. The Labute approximate surface area is 60.1 Å². The SMILES string of the molecule is C[C@@]12C[C@@H]1[C@@H]1C=C[C@H]2C1=O. The summed E-state index contributed by atoms with van der Waals surface area (Å²) in [5, 5.41) is 0. The van der Waals surface area contributed by atoms with Crippen molar-refractivity contribution in [3.63, 3.8) is 0 Å². The molecule has 2 fully saturated rings. The second kappa shape index (κ2) is 1.11. The number of fused-ring (bicyclic) bond motifs is 5. The summed E-state index contributed by atoms with van der Waals surface area (Å²) in [5.74, 6) is 1.87. The van der Waals surface area contributed by atoms with E-state index in [9.17, 15) is 4.79 Å². The van der Waals surface area contributed by atoms with Gasteiger partial charge < -0.3 is 0 Å². The van der Waals surface area contributed by atoms with Gasteiger partial charge in [-0.3, -0.25) is 4.79 Å². The quantitative estimate of drug-likeness (QED) is 0.458. The molecule has 10 heavy (non-hydrogen) atoms. The van der Waals surface area contributed by atoms with E-state index in [1.54, 1.807) is 0 Å². The number of ketones is 1. The fourth-order valence-electron chi connectivity index (χ4n) is 2.81. The molecule has 0 heterocycles. The van der Waals surface area contributed by atoms with Gasteiger partial charge in [-0.25, -0.2) is 0 Å². The van der Waals surface area contributed by atoms with Gasteiger partial charge in [-0.2, -0.15) is 0 Å². The molecule has 3 aliphatic carbocycles. The molecule has 0 aromatic heterocycles. The molecule has 52 valence electrons.